The topological polar surface area (TPSA) is 62.6 Å². The highest BCUT2D eigenvalue weighted by atomic mass is 35.5. The molecule has 1 atom stereocenters. The van der Waals surface area contributed by atoms with Crippen LogP contribution in [0.15, 0.2) is 28.7 Å². The predicted molar refractivity (Wildman–Crippen MR) is 87.6 cm³/mol. The molecule has 5 nitrogen and oxygen atoms in total. The van der Waals surface area contributed by atoms with Crippen molar-refractivity contribution in [2.75, 3.05) is 25.4 Å². The van der Waals surface area contributed by atoms with Crippen LogP contribution in [0.3, 0.4) is 0 Å². The average molecular weight is 343 g/mol. The van der Waals surface area contributed by atoms with Crippen LogP contribution in [0.2, 0.25) is 5.02 Å². The summed E-state index contributed by atoms with van der Waals surface area (Å²) >= 11 is 5.97. The van der Waals surface area contributed by atoms with Crippen molar-refractivity contribution >= 4 is 32.6 Å². The van der Waals surface area contributed by atoms with Gasteiger partial charge < -0.3 is 9.73 Å². The van der Waals surface area contributed by atoms with E-state index in [0.717, 1.165) is 23.2 Å². The summed E-state index contributed by atoms with van der Waals surface area (Å²) in [5.41, 5.74) is 0.801. The molecule has 1 aromatic heterocycles. The fraction of sp³-hybridized carbons (Fsp3) is 0.467. The molecule has 0 aliphatic carbocycles. The molecule has 3 rings (SSSR count). The molecular weight excluding hydrogens is 324 g/mol. The summed E-state index contributed by atoms with van der Waals surface area (Å²) in [6.07, 6.45) is 0.724. The first-order valence-corrected chi connectivity index (χ1v) is 9.35. The van der Waals surface area contributed by atoms with Crippen LogP contribution in [0.25, 0.3) is 11.0 Å². The molecule has 1 aliphatic rings. The van der Waals surface area contributed by atoms with Crippen LogP contribution in [-0.4, -0.2) is 38.1 Å². The Bertz CT molecular complexity index is 772. The summed E-state index contributed by atoms with van der Waals surface area (Å²) < 4.78 is 30.8. The van der Waals surface area contributed by atoms with Crippen LogP contribution in [0.4, 0.5) is 0 Å². The van der Waals surface area contributed by atoms with E-state index in [2.05, 4.69) is 5.32 Å². The number of nitrogens with one attached hydrogen (secondary N) is 1. The number of sulfonamides is 1. The van der Waals surface area contributed by atoms with Gasteiger partial charge in [0.1, 0.15) is 11.3 Å². The third kappa shape index (κ3) is 3.30. The van der Waals surface area contributed by atoms with Crippen molar-refractivity contribution in [2.45, 2.75) is 19.4 Å². The Morgan fingerprint density at radius 2 is 2.23 bits per heavy atom. The number of nitrogens with zero attached hydrogens (tertiary/aromatic N) is 1. The lowest BCUT2D eigenvalue weighted by Gasteiger charge is -2.16. The van der Waals surface area contributed by atoms with Gasteiger partial charge in [0.15, 0.2) is 0 Å². The number of fused-ring (bicyclic) bond motifs is 1. The van der Waals surface area contributed by atoms with Gasteiger partial charge in [-0.3, -0.25) is 0 Å². The van der Waals surface area contributed by atoms with Crippen LogP contribution < -0.4 is 5.32 Å². The number of benzene rings is 1. The van der Waals surface area contributed by atoms with E-state index < -0.39 is 10.0 Å². The molecule has 2 heterocycles. The van der Waals surface area contributed by atoms with Crippen LogP contribution in [0, 0.1) is 0 Å². The van der Waals surface area contributed by atoms with Gasteiger partial charge in [-0.25, -0.2) is 12.7 Å². The molecular formula is C15H19ClN2O3S. The normalized spacial score (nSPS) is 19.7. The summed E-state index contributed by atoms with van der Waals surface area (Å²) in [6.45, 7) is 3.72. The van der Waals surface area contributed by atoms with Gasteiger partial charge in [-0.2, -0.15) is 0 Å². The molecule has 1 saturated heterocycles. The number of rotatable bonds is 5. The highest BCUT2D eigenvalue weighted by Crippen LogP contribution is 2.26. The van der Waals surface area contributed by atoms with Crippen LogP contribution in [0.5, 0.6) is 0 Å². The smallest absolute Gasteiger partial charge is 0.214 e. The van der Waals surface area contributed by atoms with Gasteiger partial charge in [-0.1, -0.05) is 11.6 Å². The van der Waals surface area contributed by atoms with Crippen LogP contribution >= 0.6 is 11.6 Å². The van der Waals surface area contributed by atoms with E-state index in [9.17, 15) is 8.42 Å². The summed E-state index contributed by atoms with van der Waals surface area (Å²) in [5.74, 6) is 1.09. The average Bonchev–Trinajstić information content (AvgIpc) is 3.01. The Kier molecular flexibility index (Phi) is 4.45. The van der Waals surface area contributed by atoms with Crippen molar-refractivity contribution < 1.29 is 12.8 Å². The molecule has 0 bridgehead atoms. The summed E-state index contributed by atoms with van der Waals surface area (Å²) in [5, 5.41) is 4.96. The third-order valence-electron chi connectivity index (χ3n) is 3.94. The van der Waals surface area contributed by atoms with Gasteiger partial charge in [0.05, 0.1) is 11.8 Å². The van der Waals surface area contributed by atoms with Crippen LogP contribution in [0.1, 0.15) is 25.1 Å². The minimum absolute atomic E-state index is 0.0106. The van der Waals surface area contributed by atoms with Crippen LogP contribution in [-0.2, 0) is 10.0 Å². The quantitative estimate of drug-likeness (QED) is 0.907. The Morgan fingerprint density at radius 1 is 1.41 bits per heavy atom. The SMILES string of the molecule is CC(NCCN1CCCS1(=O)=O)c1cc2cc(Cl)ccc2o1. The largest absolute Gasteiger partial charge is 0.459 e. The number of hydrogen-bond acceptors (Lipinski definition) is 4. The highest BCUT2D eigenvalue weighted by molar-refractivity contribution is 7.89. The first kappa shape index (κ1) is 15.8. The minimum atomic E-state index is -3.02. The molecule has 1 aromatic carbocycles. The van der Waals surface area contributed by atoms with Crippen molar-refractivity contribution in [3.8, 4) is 0 Å². The standard InChI is InChI=1S/C15H19ClN2O3S/c1-11(17-5-7-18-6-2-8-22(18,19)20)15-10-12-9-13(16)3-4-14(12)21-15/h3-4,9-11,17H,2,5-8H2,1H3. The van der Waals surface area contributed by atoms with E-state index >= 15 is 0 Å². The molecule has 1 fully saturated rings. The maximum absolute atomic E-state index is 11.7. The zero-order chi connectivity index (χ0) is 15.7. The summed E-state index contributed by atoms with van der Waals surface area (Å²) in [7, 11) is -3.02. The van der Waals surface area contributed by atoms with Crippen molar-refractivity contribution in [2.24, 2.45) is 0 Å². The Balaban J connectivity index is 1.60. The van der Waals surface area contributed by atoms with Gasteiger partial charge in [0, 0.05) is 30.0 Å². The molecule has 120 valence electrons. The van der Waals surface area contributed by atoms with Crippen molar-refractivity contribution in [3.05, 3.63) is 35.0 Å². The van der Waals surface area contributed by atoms with E-state index in [4.69, 9.17) is 16.0 Å². The number of halogens is 1. The van der Waals surface area contributed by atoms with Gasteiger partial charge in [-0.05, 0) is 37.6 Å². The highest BCUT2D eigenvalue weighted by Gasteiger charge is 2.27. The Labute approximate surface area is 135 Å². The molecule has 22 heavy (non-hydrogen) atoms. The Morgan fingerprint density at radius 3 is 2.95 bits per heavy atom. The van der Waals surface area contributed by atoms with E-state index in [1.54, 1.807) is 10.4 Å². The second-order valence-electron chi connectivity index (χ2n) is 5.58. The number of furan rings is 1. The molecule has 1 N–H and O–H groups in total. The lowest BCUT2D eigenvalue weighted by Crippen LogP contribution is -2.34. The van der Waals surface area contributed by atoms with Gasteiger partial charge in [0.2, 0.25) is 10.0 Å². The predicted octanol–water partition coefficient (Wildman–Crippen LogP) is 2.77. The second-order valence-corrected chi connectivity index (χ2v) is 8.10. The Hall–Kier alpha value is -1.08. The van der Waals surface area contributed by atoms with E-state index in [1.807, 2.05) is 25.1 Å². The molecule has 7 heteroatoms. The maximum Gasteiger partial charge on any atom is 0.214 e. The van der Waals surface area contributed by atoms with Crippen molar-refractivity contribution in [1.29, 1.82) is 0 Å². The van der Waals surface area contributed by atoms with Crippen molar-refractivity contribution in [1.82, 2.24) is 9.62 Å². The zero-order valence-corrected chi connectivity index (χ0v) is 14.0. The maximum atomic E-state index is 11.7. The minimum Gasteiger partial charge on any atom is -0.459 e. The van der Waals surface area contributed by atoms with E-state index in [1.165, 1.54) is 0 Å². The van der Waals surface area contributed by atoms with Gasteiger partial charge in [-0.15, -0.1) is 0 Å². The number of hydrogen-bond donors (Lipinski definition) is 1. The third-order valence-corrected chi connectivity index (χ3v) is 6.13. The first-order valence-electron chi connectivity index (χ1n) is 7.36. The summed E-state index contributed by atoms with van der Waals surface area (Å²) in [6, 6.07) is 7.49. The molecule has 1 aliphatic heterocycles. The summed E-state index contributed by atoms with van der Waals surface area (Å²) in [4.78, 5) is 0. The molecule has 1 unspecified atom stereocenters. The zero-order valence-electron chi connectivity index (χ0n) is 12.4. The molecule has 0 amide bonds. The second kappa shape index (κ2) is 6.20. The van der Waals surface area contributed by atoms with Gasteiger partial charge >= 0.3 is 0 Å². The molecule has 0 saturated carbocycles. The lowest BCUT2D eigenvalue weighted by molar-refractivity contribution is 0.401. The van der Waals surface area contributed by atoms with E-state index in [-0.39, 0.29) is 11.8 Å². The first-order chi connectivity index (χ1) is 10.5. The van der Waals surface area contributed by atoms with Crippen molar-refractivity contribution in [3.63, 3.8) is 0 Å². The van der Waals surface area contributed by atoms with Gasteiger partial charge in [0.25, 0.3) is 0 Å². The lowest BCUT2D eigenvalue weighted by atomic mass is 10.2. The monoisotopic (exact) mass is 342 g/mol. The molecule has 2 aromatic rings. The molecule has 0 radical (unpaired) electrons. The fourth-order valence-corrected chi connectivity index (χ4v) is 4.41. The fourth-order valence-electron chi connectivity index (χ4n) is 2.70. The molecule has 0 spiro atoms. The van der Waals surface area contributed by atoms with E-state index in [0.29, 0.717) is 24.7 Å².